The molecular formula is C13H18O4. The molecule has 0 amide bonds. The number of ether oxygens (including phenoxy) is 2. The lowest BCUT2D eigenvalue weighted by atomic mass is 10.1. The molecule has 0 bridgehead atoms. The lowest BCUT2D eigenvalue weighted by molar-refractivity contribution is 0.0663. The summed E-state index contributed by atoms with van der Waals surface area (Å²) in [5.74, 6) is 0.381. The fourth-order valence-corrected chi connectivity index (χ4v) is 1.55. The summed E-state index contributed by atoms with van der Waals surface area (Å²) in [5, 5.41) is 8.61. The Balaban J connectivity index is 2.65. The van der Waals surface area contributed by atoms with E-state index in [1.165, 1.54) is 0 Å². The van der Waals surface area contributed by atoms with Crippen molar-refractivity contribution in [3.63, 3.8) is 0 Å². The second kappa shape index (κ2) is 6.91. The smallest absolute Gasteiger partial charge is 0.449 e. The normalized spacial score (nSPS) is 12.1. The van der Waals surface area contributed by atoms with Crippen molar-refractivity contribution < 1.29 is 19.4 Å². The van der Waals surface area contributed by atoms with E-state index in [4.69, 9.17) is 14.6 Å². The van der Waals surface area contributed by atoms with E-state index >= 15 is 0 Å². The molecule has 94 valence electrons. The highest BCUT2D eigenvalue weighted by atomic mass is 16.7. The van der Waals surface area contributed by atoms with Gasteiger partial charge in [0.2, 0.25) is 0 Å². The van der Waals surface area contributed by atoms with Crippen molar-refractivity contribution in [2.75, 3.05) is 6.61 Å². The Morgan fingerprint density at radius 3 is 2.76 bits per heavy atom. The van der Waals surface area contributed by atoms with E-state index in [2.05, 4.69) is 0 Å². The Kier molecular flexibility index (Phi) is 5.49. The van der Waals surface area contributed by atoms with Gasteiger partial charge < -0.3 is 14.6 Å². The quantitative estimate of drug-likeness (QED) is 0.611. The first-order valence-electron chi connectivity index (χ1n) is 5.73. The molecule has 1 aromatic carbocycles. The molecule has 0 heterocycles. The van der Waals surface area contributed by atoms with Crippen LogP contribution in [0.1, 0.15) is 25.8 Å². The van der Waals surface area contributed by atoms with E-state index < -0.39 is 6.16 Å². The molecule has 0 spiro atoms. The monoisotopic (exact) mass is 238 g/mol. The molecule has 0 saturated carbocycles. The van der Waals surface area contributed by atoms with Gasteiger partial charge in [0.15, 0.2) is 0 Å². The van der Waals surface area contributed by atoms with Gasteiger partial charge in [-0.3, -0.25) is 0 Å². The van der Waals surface area contributed by atoms with Gasteiger partial charge in [-0.25, -0.2) is 4.79 Å². The highest BCUT2D eigenvalue weighted by molar-refractivity contribution is 5.62. The Hall–Kier alpha value is -1.55. The average Bonchev–Trinajstić information content (AvgIpc) is 2.28. The number of carbonyl (C=O) groups is 1. The van der Waals surface area contributed by atoms with E-state index in [9.17, 15) is 4.79 Å². The minimum atomic E-state index is -1.29. The molecule has 0 fully saturated rings. The molecule has 0 saturated heterocycles. The van der Waals surface area contributed by atoms with E-state index in [1.54, 1.807) is 12.1 Å². The highest BCUT2D eigenvalue weighted by Crippen LogP contribution is 2.20. The molecule has 1 rings (SSSR count). The van der Waals surface area contributed by atoms with Crippen LogP contribution in [0.5, 0.6) is 5.75 Å². The molecule has 0 radical (unpaired) electrons. The van der Waals surface area contributed by atoms with Crippen molar-refractivity contribution in [1.29, 1.82) is 0 Å². The van der Waals surface area contributed by atoms with Crippen molar-refractivity contribution in [2.24, 2.45) is 0 Å². The third-order valence-corrected chi connectivity index (χ3v) is 2.28. The summed E-state index contributed by atoms with van der Waals surface area (Å²) < 4.78 is 10.3. The van der Waals surface area contributed by atoms with Gasteiger partial charge >= 0.3 is 6.16 Å². The summed E-state index contributed by atoms with van der Waals surface area (Å²) in [5.41, 5.74) is 0.846. The van der Waals surface area contributed by atoms with Gasteiger partial charge in [-0.2, -0.15) is 0 Å². The van der Waals surface area contributed by atoms with Crippen LogP contribution in [0.15, 0.2) is 24.3 Å². The third-order valence-electron chi connectivity index (χ3n) is 2.28. The molecule has 0 aliphatic heterocycles. The van der Waals surface area contributed by atoms with Crippen LogP contribution in [0.3, 0.4) is 0 Å². The van der Waals surface area contributed by atoms with Crippen LogP contribution in [0, 0.1) is 0 Å². The molecule has 1 atom stereocenters. The van der Waals surface area contributed by atoms with Crippen LogP contribution >= 0.6 is 0 Å². The standard InChI is InChI=1S/C13H18O4/c1-3-8-16-10(2)9-11-6-4-5-7-12(11)17-13(14)15/h4-7,10H,3,8-9H2,1-2H3,(H,14,15). The molecule has 4 heteroatoms. The minimum absolute atomic E-state index is 0.0495. The van der Waals surface area contributed by atoms with Crippen molar-refractivity contribution in [2.45, 2.75) is 32.8 Å². The fourth-order valence-electron chi connectivity index (χ4n) is 1.55. The summed E-state index contributed by atoms with van der Waals surface area (Å²) in [6, 6.07) is 7.11. The van der Waals surface area contributed by atoms with E-state index in [1.807, 2.05) is 26.0 Å². The number of rotatable bonds is 6. The predicted molar refractivity (Wildman–Crippen MR) is 64.5 cm³/mol. The van der Waals surface area contributed by atoms with Crippen molar-refractivity contribution in [3.05, 3.63) is 29.8 Å². The second-order valence-electron chi connectivity index (χ2n) is 3.86. The van der Waals surface area contributed by atoms with E-state index in [0.717, 1.165) is 12.0 Å². The Bertz CT molecular complexity index is 362. The summed E-state index contributed by atoms with van der Waals surface area (Å²) >= 11 is 0. The van der Waals surface area contributed by atoms with Crippen molar-refractivity contribution in [3.8, 4) is 5.75 Å². The summed E-state index contributed by atoms with van der Waals surface area (Å²) in [4.78, 5) is 10.5. The molecule has 4 nitrogen and oxygen atoms in total. The lowest BCUT2D eigenvalue weighted by Gasteiger charge is -2.14. The molecule has 17 heavy (non-hydrogen) atoms. The largest absolute Gasteiger partial charge is 0.511 e. The van der Waals surface area contributed by atoms with E-state index in [0.29, 0.717) is 18.8 Å². The maximum Gasteiger partial charge on any atom is 0.511 e. The zero-order chi connectivity index (χ0) is 12.7. The first-order valence-corrected chi connectivity index (χ1v) is 5.73. The Labute approximate surface area is 101 Å². The lowest BCUT2D eigenvalue weighted by Crippen LogP contribution is -2.14. The summed E-state index contributed by atoms with van der Waals surface area (Å²) in [6.45, 7) is 4.73. The van der Waals surface area contributed by atoms with Gasteiger partial charge in [0, 0.05) is 13.0 Å². The van der Waals surface area contributed by atoms with Crippen LogP contribution < -0.4 is 4.74 Å². The molecular weight excluding hydrogens is 220 g/mol. The molecule has 0 aromatic heterocycles. The first-order chi connectivity index (χ1) is 8.13. The summed E-state index contributed by atoms with van der Waals surface area (Å²) in [6.07, 6.45) is 0.370. The zero-order valence-corrected chi connectivity index (χ0v) is 10.2. The minimum Gasteiger partial charge on any atom is -0.449 e. The van der Waals surface area contributed by atoms with Crippen LogP contribution in [0.2, 0.25) is 0 Å². The number of hydrogen-bond acceptors (Lipinski definition) is 3. The topological polar surface area (TPSA) is 55.8 Å². The van der Waals surface area contributed by atoms with Crippen LogP contribution in [0.25, 0.3) is 0 Å². The third kappa shape index (κ3) is 4.87. The molecule has 1 aromatic rings. The number of hydrogen-bond donors (Lipinski definition) is 1. The maximum absolute atomic E-state index is 10.5. The first kappa shape index (κ1) is 13.5. The van der Waals surface area contributed by atoms with Crippen molar-refractivity contribution >= 4 is 6.16 Å². The number of benzene rings is 1. The van der Waals surface area contributed by atoms with Crippen molar-refractivity contribution in [1.82, 2.24) is 0 Å². The van der Waals surface area contributed by atoms with E-state index in [-0.39, 0.29) is 6.10 Å². The van der Waals surface area contributed by atoms with Gasteiger partial charge in [0.25, 0.3) is 0 Å². The van der Waals surface area contributed by atoms with Crippen LogP contribution in [-0.2, 0) is 11.2 Å². The molecule has 1 N–H and O–H groups in total. The predicted octanol–water partition coefficient (Wildman–Crippen LogP) is 3.10. The zero-order valence-electron chi connectivity index (χ0n) is 10.2. The number of carboxylic acid groups (broad SMARTS) is 1. The number of para-hydroxylation sites is 1. The van der Waals surface area contributed by atoms with Crippen LogP contribution in [-0.4, -0.2) is 24.0 Å². The van der Waals surface area contributed by atoms with Gasteiger partial charge in [0.05, 0.1) is 6.10 Å². The summed E-state index contributed by atoms with van der Waals surface area (Å²) in [7, 11) is 0. The molecule has 0 aliphatic carbocycles. The Morgan fingerprint density at radius 2 is 2.12 bits per heavy atom. The van der Waals surface area contributed by atoms with Crippen LogP contribution in [0.4, 0.5) is 4.79 Å². The Morgan fingerprint density at radius 1 is 1.41 bits per heavy atom. The SMILES string of the molecule is CCCOC(C)Cc1ccccc1OC(=O)O. The van der Waals surface area contributed by atoms with Gasteiger partial charge in [0.1, 0.15) is 5.75 Å². The fraction of sp³-hybridized carbons (Fsp3) is 0.462. The van der Waals surface area contributed by atoms with Gasteiger partial charge in [-0.15, -0.1) is 0 Å². The molecule has 1 unspecified atom stereocenters. The molecule has 0 aliphatic rings. The second-order valence-corrected chi connectivity index (χ2v) is 3.86. The average molecular weight is 238 g/mol. The van der Waals surface area contributed by atoms with Gasteiger partial charge in [-0.1, -0.05) is 25.1 Å². The highest BCUT2D eigenvalue weighted by Gasteiger charge is 2.10. The maximum atomic E-state index is 10.5. The van der Waals surface area contributed by atoms with Gasteiger partial charge in [-0.05, 0) is 25.0 Å².